The van der Waals surface area contributed by atoms with Crippen LogP contribution in [0.3, 0.4) is 0 Å². The smallest absolute Gasteiger partial charge is 0.338 e. The second kappa shape index (κ2) is 9.91. The van der Waals surface area contributed by atoms with Crippen molar-refractivity contribution in [1.82, 2.24) is 4.31 Å². The van der Waals surface area contributed by atoms with Crippen LogP contribution in [0.25, 0.3) is 0 Å². The van der Waals surface area contributed by atoms with E-state index in [0.717, 1.165) is 11.3 Å². The van der Waals surface area contributed by atoms with Gasteiger partial charge in [0.1, 0.15) is 10.6 Å². The molecule has 0 aromatic heterocycles. The Bertz CT molecular complexity index is 909. The summed E-state index contributed by atoms with van der Waals surface area (Å²) in [5, 5.41) is 0.0710. The molecule has 8 heteroatoms. The number of carbonyl (C=O) groups is 1. The SMILES string of the molecule is CCN(CC)S(=O)(=O)c1cc(C(=O)OCCc2ccc(OC)cc2)ccc1Cl. The standard InChI is InChI=1S/C20H24ClNO5S/c1-4-22(5-2)28(24,25)19-14-16(8-11-18(19)21)20(23)27-13-12-15-6-9-17(26-3)10-7-15/h6-11,14H,4-5,12-13H2,1-3H3. The molecule has 0 heterocycles. The summed E-state index contributed by atoms with van der Waals surface area (Å²) < 4.78 is 37.1. The summed E-state index contributed by atoms with van der Waals surface area (Å²) in [5.41, 5.74) is 1.14. The van der Waals surface area contributed by atoms with Crippen molar-refractivity contribution in [2.75, 3.05) is 26.8 Å². The van der Waals surface area contributed by atoms with Crippen LogP contribution in [0, 0.1) is 0 Å². The third-order valence-corrected chi connectivity index (χ3v) is 6.80. The lowest BCUT2D eigenvalue weighted by Gasteiger charge is -2.19. The average molecular weight is 426 g/mol. The van der Waals surface area contributed by atoms with Gasteiger partial charge in [0.15, 0.2) is 0 Å². The summed E-state index contributed by atoms with van der Waals surface area (Å²) >= 11 is 6.08. The second-order valence-corrected chi connectivity index (χ2v) is 8.28. The molecule has 0 saturated carbocycles. The fourth-order valence-corrected chi connectivity index (χ4v) is 4.63. The van der Waals surface area contributed by atoms with E-state index in [1.54, 1.807) is 21.0 Å². The molecule has 2 aromatic carbocycles. The Labute approximate surface area is 171 Å². The topological polar surface area (TPSA) is 72.9 Å². The Morgan fingerprint density at radius 3 is 2.29 bits per heavy atom. The van der Waals surface area contributed by atoms with E-state index in [0.29, 0.717) is 19.5 Å². The molecule has 2 aromatic rings. The van der Waals surface area contributed by atoms with Gasteiger partial charge in [-0.1, -0.05) is 37.6 Å². The Morgan fingerprint density at radius 2 is 1.71 bits per heavy atom. The number of carbonyl (C=O) groups excluding carboxylic acids is 1. The summed E-state index contributed by atoms with van der Waals surface area (Å²) in [4.78, 5) is 12.2. The molecule has 0 fully saturated rings. The molecule has 0 unspecified atom stereocenters. The Morgan fingerprint density at radius 1 is 1.07 bits per heavy atom. The number of hydrogen-bond donors (Lipinski definition) is 0. The quantitative estimate of drug-likeness (QED) is 0.571. The minimum Gasteiger partial charge on any atom is -0.497 e. The van der Waals surface area contributed by atoms with Gasteiger partial charge in [-0.2, -0.15) is 4.31 Å². The van der Waals surface area contributed by atoms with Gasteiger partial charge < -0.3 is 9.47 Å². The largest absolute Gasteiger partial charge is 0.497 e. The number of halogens is 1. The van der Waals surface area contributed by atoms with Crippen LogP contribution in [0.5, 0.6) is 5.75 Å². The van der Waals surface area contributed by atoms with E-state index in [1.165, 1.54) is 22.5 Å². The van der Waals surface area contributed by atoms with Crippen molar-refractivity contribution in [1.29, 1.82) is 0 Å². The van der Waals surface area contributed by atoms with E-state index in [2.05, 4.69) is 0 Å². The normalized spacial score (nSPS) is 11.5. The second-order valence-electron chi connectivity index (χ2n) is 5.97. The van der Waals surface area contributed by atoms with Gasteiger partial charge >= 0.3 is 5.97 Å². The molecule has 0 N–H and O–H groups in total. The van der Waals surface area contributed by atoms with Crippen molar-refractivity contribution < 1.29 is 22.7 Å². The van der Waals surface area contributed by atoms with Crippen LogP contribution >= 0.6 is 11.6 Å². The van der Waals surface area contributed by atoms with E-state index in [9.17, 15) is 13.2 Å². The molecule has 152 valence electrons. The molecule has 0 aliphatic carbocycles. The lowest BCUT2D eigenvalue weighted by Crippen LogP contribution is -2.31. The fraction of sp³-hybridized carbons (Fsp3) is 0.350. The molecular formula is C20H24ClNO5S. The maximum Gasteiger partial charge on any atom is 0.338 e. The summed E-state index contributed by atoms with van der Waals surface area (Å²) in [7, 11) is -2.18. The number of sulfonamides is 1. The predicted octanol–water partition coefficient (Wildman–Crippen LogP) is 3.78. The van der Waals surface area contributed by atoms with Crippen LogP contribution in [0.15, 0.2) is 47.4 Å². The van der Waals surface area contributed by atoms with Crippen molar-refractivity contribution in [3.05, 3.63) is 58.6 Å². The monoisotopic (exact) mass is 425 g/mol. The summed E-state index contributed by atoms with van der Waals surface area (Å²) in [6.07, 6.45) is 0.536. The van der Waals surface area contributed by atoms with Crippen molar-refractivity contribution in [2.45, 2.75) is 25.2 Å². The van der Waals surface area contributed by atoms with E-state index in [-0.39, 0.29) is 22.1 Å². The highest BCUT2D eigenvalue weighted by molar-refractivity contribution is 7.89. The third kappa shape index (κ3) is 5.25. The van der Waals surface area contributed by atoms with Gasteiger partial charge in [0.05, 0.1) is 24.3 Å². The average Bonchev–Trinajstić information content (AvgIpc) is 2.69. The predicted molar refractivity (Wildman–Crippen MR) is 109 cm³/mol. The number of rotatable bonds is 9. The molecule has 0 amide bonds. The number of benzene rings is 2. The minimum absolute atomic E-state index is 0.0710. The van der Waals surface area contributed by atoms with E-state index < -0.39 is 16.0 Å². The highest BCUT2D eigenvalue weighted by Crippen LogP contribution is 2.26. The molecule has 28 heavy (non-hydrogen) atoms. The zero-order valence-corrected chi connectivity index (χ0v) is 17.7. The molecule has 0 spiro atoms. The summed E-state index contributed by atoms with van der Waals surface area (Å²) in [6.45, 7) is 4.28. The number of nitrogens with zero attached hydrogens (tertiary/aromatic N) is 1. The molecule has 0 atom stereocenters. The Kier molecular flexibility index (Phi) is 7.86. The van der Waals surface area contributed by atoms with Crippen molar-refractivity contribution >= 4 is 27.6 Å². The Balaban J connectivity index is 2.09. The first kappa shape index (κ1) is 22.2. The maximum atomic E-state index is 12.7. The molecule has 0 aliphatic heterocycles. The zero-order valence-electron chi connectivity index (χ0n) is 16.1. The van der Waals surface area contributed by atoms with Gasteiger partial charge in [-0.05, 0) is 35.9 Å². The van der Waals surface area contributed by atoms with Gasteiger partial charge in [-0.3, -0.25) is 0 Å². The highest BCUT2D eigenvalue weighted by atomic mass is 35.5. The number of ether oxygens (including phenoxy) is 2. The van der Waals surface area contributed by atoms with Crippen LogP contribution in [-0.2, 0) is 21.2 Å². The van der Waals surface area contributed by atoms with Crippen LogP contribution in [0.4, 0.5) is 0 Å². The van der Waals surface area contributed by atoms with Gasteiger partial charge in [-0.15, -0.1) is 0 Å². The molecule has 0 saturated heterocycles. The lowest BCUT2D eigenvalue weighted by molar-refractivity contribution is 0.0509. The maximum absolute atomic E-state index is 12.7. The number of methoxy groups -OCH3 is 1. The van der Waals surface area contributed by atoms with Crippen LogP contribution in [0.1, 0.15) is 29.8 Å². The molecule has 6 nitrogen and oxygen atoms in total. The number of hydrogen-bond acceptors (Lipinski definition) is 5. The van der Waals surface area contributed by atoms with Crippen LogP contribution < -0.4 is 4.74 Å². The van der Waals surface area contributed by atoms with Crippen molar-refractivity contribution in [3.8, 4) is 5.75 Å². The van der Waals surface area contributed by atoms with E-state index in [4.69, 9.17) is 21.1 Å². The molecule has 2 rings (SSSR count). The lowest BCUT2D eigenvalue weighted by atomic mass is 10.1. The first-order valence-corrected chi connectivity index (χ1v) is 10.7. The molecule has 0 aliphatic rings. The van der Waals surface area contributed by atoms with E-state index in [1.807, 2.05) is 24.3 Å². The third-order valence-electron chi connectivity index (χ3n) is 4.27. The van der Waals surface area contributed by atoms with E-state index >= 15 is 0 Å². The highest BCUT2D eigenvalue weighted by Gasteiger charge is 2.25. The Hall–Kier alpha value is -2.09. The van der Waals surface area contributed by atoms with Crippen LogP contribution in [0.2, 0.25) is 5.02 Å². The minimum atomic E-state index is -3.78. The molecule has 0 radical (unpaired) electrons. The van der Waals surface area contributed by atoms with Crippen LogP contribution in [-0.4, -0.2) is 45.5 Å². The van der Waals surface area contributed by atoms with Crippen molar-refractivity contribution in [2.24, 2.45) is 0 Å². The first-order valence-electron chi connectivity index (χ1n) is 8.93. The van der Waals surface area contributed by atoms with Gasteiger partial charge in [0, 0.05) is 19.5 Å². The van der Waals surface area contributed by atoms with Crippen molar-refractivity contribution in [3.63, 3.8) is 0 Å². The van der Waals surface area contributed by atoms with Gasteiger partial charge in [0.25, 0.3) is 0 Å². The fourth-order valence-electron chi connectivity index (χ4n) is 2.67. The first-order chi connectivity index (χ1) is 13.3. The van der Waals surface area contributed by atoms with Gasteiger partial charge in [-0.25, -0.2) is 13.2 Å². The summed E-state index contributed by atoms with van der Waals surface area (Å²) in [5.74, 6) is 0.157. The molecule has 0 bridgehead atoms. The zero-order chi connectivity index (χ0) is 20.7. The molecular weight excluding hydrogens is 402 g/mol. The number of esters is 1. The van der Waals surface area contributed by atoms with Gasteiger partial charge in [0.2, 0.25) is 10.0 Å². The summed E-state index contributed by atoms with van der Waals surface area (Å²) in [6, 6.07) is 11.6.